The summed E-state index contributed by atoms with van der Waals surface area (Å²) in [6.45, 7) is 5.54. The molecule has 1 fully saturated rings. The molecule has 1 aliphatic heterocycles. The van der Waals surface area contributed by atoms with Crippen molar-refractivity contribution in [2.45, 2.75) is 24.5 Å². The summed E-state index contributed by atoms with van der Waals surface area (Å²) in [7, 11) is 1.61. The molecule has 3 aromatic rings. The molecular weight excluding hydrogens is 432 g/mol. The molecule has 1 atom stereocenters. The fourth-order valence-electron chi connectivity index (χ4n) is 4.45. The van der Waals surface area contributed by atoms with Crippen LogP contribution in [0.15, 0.2) is 73.6 Å². The summed E-state index contributed by atoms with van der Waals surface area (Å²) >= 11 is 0. The van der Waals surface area contributed by atoms with Crippen LogP contribution in [0.4, 0.5) is 0 Å². The number of hydrogen-bond donors (Lipinski definition) is 1. The minimum atomic E-state index is -0.791. The fraction of sp³-hybridized carbons (Fsp3) is 0.333. The highest BCUT2D eigenvalue weighted by atomic mass is 16.6. The van der Waals surface area contributed by atoms with Crippen molar-refractivity contribution in [3.63, 3.8) is 0 Å². The number of nitrogens with zero attached hydrogens (tertiary/aromatic N) is 2. The van der Waals surface area contributed by atoms with Crippen molar-refractivity contribution in [3.8, 4) is 11.5 Å². The Kier molecular flexibility index (Phi) is 7.45. The monoisotopic (exact) mass is 462 g/mol. The molecule has 1 N–H and O–H groups in total. The van der Waals surface area contributed by atoms with Gasteiger partial charge in [0, 0.05) is 61.9 Å². The molecule has 0 bridgehead atoms. The number of methoxy groups -OCH3 is 1. The Morgan fingerprint density at radius 3 is 2.56 bits per heavy atom. The van der Waals surface area contributed by atoms with Crippen LogP contribution in [-0.2, 0) is 15.1 Å². The van der Waals surface area contributed by atoms with Crippen LogP contribution in [0, 0.1) is 0 Å². The molecule has 7 nitrogen and oxygen atoms in total. The van der Waals surface area contributed by atoms with Gasteiger partial charge in [0.25, 0.3) is 0 Å². The van der Waals surface area contributed by atoms with Crippen LogP contribution in [0.2, 0.25) is 0 Å². The van der Waals surface area contributed by atoms with Crippen molar-refractivity contribution in [1.82, 2.24) is 9.88 Å². The highest BCUT2D eigenvalue weighted by Crippen LogP contribution is 2.40. The van der Waals surface area contributed by atoms with E-state index in [0.29, 0.717) is 38.2 Å². The zero-order valence-electron chi connectivity index (χ0n) is 19.4. The van der Waals surface area contributed by atoms with Gasteiger partial charge < -0.3 is 24.2 Å². The molecule has 1 saturated heterocycles. The molecule has 0 saturated carbocycles. The summed E-state index contributed by atoms with van der Waals surface area (Å²) in [6.07, 6.45) is 5.35. The molecule has 0 radical (unpaired) electrons. The minimum absolute atomic E-state index is 0.187. The van der Waals surface area contributed by atoms with Gasteiger partial charge in [0.1, 0.15) is 29.8 Å². The normalized spacial score (nSPS) is 16.5. The van der Waals surface area contributed by atoms with Crippen LogP contribution in [0.5, 0.6) is 11.5 Å². The molecule has 0 spiro atoms. The first-order chi connectivity index (χ1) is 16.5. The quantitative estimate of drug-likeness (QED) is 0.384. The second-order valence-electron chi connectivity index (χ2n) is 8.47. The third-order valence-corrected chi connectivity index (χ3v) is 6.26. The molecular formula is C27H30N2O5. The number of aliphatic hydroxyl groups excluding tert-OH is 1. The fourth-order valence-corrected chi connectivity index (χ4v) is 4.45. The molecule has 1 aliphatic rings. The molecule has 2 heterocycles. The molecule has 0 unspecified atom stereocenters. The molecule has 178 valence electrons. The second kappa shape index (κ2) is 10.7. The number of benzene rings is 2. The number of aromatic nitrogens is 1. The SMILES string of the molecule is C=CC(=O)OC1(c2cncc3ccccc23)CCN(C[C@H](O)COc2ccc(OC)cc2)CC1. The van der Waals surface area contributed by atoms with Crippen LogP contribution in [0.3, 0.4) is 0 Å². The number of hydrogen-bond acceptors (Lipinski definition) is 7. The maximum Gasteiger partial charge on any atom is 0.331 e. The number of β-amino-alcohol motifs (C(OH)–C–C–N with tert-alkyl or cyclic N) is 1. The second-order valence-corrected chi connectivity index (χ2v) is 8.47. The van der Waals surface area contributed by atoms with Gasteiger partial charge in [0.15, 0.2) is 0 Å². The van der Waals surface area contributed by atoms with Gasteiger partial charge in [0.05, 0.1) is 7.11 Å². The Labute approximate surface area is 199 Å². The summed E-state index contributed by atoms with van der Waals surface area (Å²) in [4.78, 5) is 18.8. The summed E-state index contributed by atoms with van der Waals surface area (Å²) < 4.78 is 16.8. The van der Waals surface area contributed by atoms with E-state index >= 15 is 0 Å². The van der Waals surface area contributed by atoms with E-state index < -0.39 is 17.7 Å². The highest BCUT2D eigenvalue weighted by molar-refractivity contribution is 5.87. The van der Waals surface area contributed by atoms with Crippen LogP contribution in [0.1, 0.15) is 18.4 Å². The number of fused-ring (bicyclic) bond motifs is 1. The number of likely N-dealkylation sites (tertiary alicyclic amines) is 1. The lowest BCUT2D eigenvalue weighted by Crippen LogP contribution is -2.47. The van der Waals surface area contributed by atoms with Crippen molar-refractivity contribution in [2.24, 2.45) is 0 Å². The van der Waals surface area contributed by atoms with Crippen molar-refractivity contribution in [2.75, 3.05) is 33.4 Å². The van der Waals surface area contributed by atoms with E-state index in [0.717, 1.165) is 22.1 Å². The lowest BCUT2D eigenvalue weighted by Gasteiger charge is -2.42. The topological polar surface area (TPSA) is 81.1 Å². The predicted molar refractivity (Wildman–Crippen MR) is 130 cm³/mol. The van der Waals surface area contributed by atoms with E-state index in [9.17, 15) is 9.90 Å². The average Bonchev–Trinajstić information content (AvgIpc) is 2.88. The smallest absolute Gasteiger partial charge is 0.331 e. The number of rotatable bonds is 9. The third kappa shape index (κ3) is 5.38. The van der Waals surface area contributed by atoms with Crippen molar-refractivity contribution >= 4 is 16.7 Å². The number of ether oxygens (including phenoxy) is 3. The Hall–Kier alpha value is -3.42. The van der Waals surface area contributed by atoms with Gasteiger partial charge in [0.2, 0.25) is 0 Å². The van der Waals surface area contributed by atoms with E-state index in [2.05, 4.69) is 16.5 Å². The highest BCUT2D eigenvalue weighted by Gasteiger charge is 2.41. The molecule has 34 heavy (non-hydrogen) atoms. The Bertz CT molecular complexity index is 1120. The molecule has 0 amide bonds. The lowest BCUT2D eigenvalue weighted by molar-refractivity contribution is -0.160. The van der Waals surface area contributed by atoms with Crippen LogP contribution >= 0.6 is 0 Å². The third-order valence-electron chi connectivity index (χ3n) is 6.26. The summed E-state index contributed by atoms with van der Waals surface area (Å²) in [5.74, 6) is 0.981. The number of carbonyl (C=O) groups is 1. The minimum Gasteiger partial charge on any atom is -0.497 e. The molecule has 4 rings (SSSR count). The number of carbonyl (C=O) groups excluding carboxylic acids is 1. The standard InChI is InChI=1S/C27H30N2O5/c1-3-26(31)34-27(25-17-28-16-20-6-4-5-7-24(20)25)12-14-29(15-13-27)18-21(30)19-33-23-10-8-22(32-2)9-11-23/h3-11,16-17,21,30H,1,12-15,18-19H2,2H3/t21-/m0/s1. The van der Waals surface area contributed by atoms with E-state index in [1.54, 1.807) is 13.3 Å². The summed E-state index contributed by atoms with van der Waals surface area (Å²) in [6, 6.07) is 15.2. The van der Waals surface area contributed by atoms with Gasteiger partial charge >= 0.3 is 5.97 Å². The average molecular weight is 463 g/mol. The first kappa shape index (κ1) is 23.7. The Balaban J connectivity index is 1.41. The van der Waals surface area contributed by atoms with Crippen LogP contribution in [0.25, 0.3) is 10.8 Å². The largest absolute Gasteiger partial charge is 0.497 e. The van der Waals surface area contributed by atoms with Gasteiger partial charge in [-0.3, -0.25) is 4.98 Å². The van der Waals surface area contributed by atoms with Gasteiger partial charge in [-0.2, -0.15) is 0 Å². The van der Waals surface area contributed by atoms with E-state index in [-0.39, 0.29) is 6.61 Å². The lowest BCUT2D eigenvalue weighted by atomic mass is 9.82. The zero-order chi connectivity index (χ0) is 24.0. The summed E-state index contributed by atoms with van der Waals surface area (Å²) in [5.41, 5.74) is 0.115. The maximum absolute atomic E-state index is 12.3. The maximum atomic E-state index is 12.3. The van der Waals surface area contributed by atoms with Gasteiger partial charge in [-0.1, -0.05) is 30.8 Å². The predicted octanol–water partition coefficient (Wildman–Crippen LogP) is 3.70. The molecule has 2 aromatic carbocycles. The first-order valence-corrected chi connectivity index (χ1v) is 11.4. The van der Waals surface area contributed by atoms with E-state index in [4.69, 9.17) is 14.2 Å². The first-order valence-electron chi connectivity index (χ1n) is 11.4. The van der Waals surface area contributed by atoms with Crippen molar-refractivity contribution in [1.29, 1.82) is 0 Å². The molecule has 0 aliphatic carbocycles. The molecule has 1 aromatic heterocycles. The number of piperidine rings is 1. The van der Waals surface area contributed by atoms with Crippen molar-refractivity contribution < 1.29 is 24.1 Å². The summed E-state index contributed by atoms with van der Waals surface area (Å²) in [5, 5.41) is 12.6. The van der Waals surface area contributed by atoms with E-state index in [1.165, 1.54) is 6.08 Å². The number of esters is 1. The van der Waals surface area contributed by atoms with Crippen LogP contribution < -0.4 is 9.47 Å². The molecule has 7 heteroatoms. The van der Waals surface area contributed by atoms with Gasteiger partial charge in [-0.25, -0.2) is 4.79 Å². The Morgan fingerprint density at radius 2 is 1.85 bits per heavy atom. The van der Waals surface area contributed by atoms with Gasteiger partial charge in [-0.05, 0) is 29.7 Å². The van der Waals surface area contributed by atoms with Gasteiger partial charge in [-0.15, -0.1) is 0 Å². The number of aliphatic hydroxyl groups is 1. The zero-order valence-corrected chi connectivity index (χ0v) is 19.4. The Morgan fingerprint density at radius 1 is 1.15 bits per heavy atom. The number of pyridine rings is 1. The van der Waals surface area contributed by atoms with E-state index in [1.807, 2.05) is 54.7 Å². The van der Waals surface area contributed by atoms with Crippen molar-refractivity contribution in [3.05, 3.63) is 79.1 Å². The van der Waals surface area contributed by atoms with Crippen LogP contribution in [-0.4, -0.2) is 60.4 Å².